The lowest BCUT2D eigenvalue weighted by Crippen LogP contribution is -2.44. The van der Waals surface area contributed by atoms with E-state index in [2.05, 4.69) is 24.3 Å². The molecule has 0 amide bonds. The quantitative estimate of drug-likeness (QED) is 0.887. The SMILES string of the molecule is COC1(C(N)c2ccc(C3CCC3)cc2)CCCCC1. The second kappa shape index (κ2) is 5.87. The molecule has 0 radical (unpaired) electrons. The Hall–Kier alpha value is -0.860. The van der Waals surface area contributed by atoms with Crippen molar-refractivity contribution < 1.29 is 4.74 Å². The summed E-state index contributed by atoms with van der Waals surface area (Å²) in [6.45, 7) is 0. The maximum absolute atomic E-state index is 6.56. The molecule has 2 nitrogen and oxygen atoms in total. The summed E-state index contributed by atoms with van der Waals surface area (Å²) in [4.78, 5) is 0. The second-order valence-electron chi connectivity index (χ2n) is 6.60. The number of benzene rings is 1. The molecule has 2 aliphatic carbocycles. The predicted molar refractivity (Wildman–Crippen MR) is 82.8 cm³/mol. The molecule has 3 rings (SSSR count). The minimum absolute atomic E-state index is 0.00300. The van der Waals surface area contributed by atoms with E-state index in [0.29, 0.717) is 0 Å². The fourth-order valence-corrected chi connectivity index (χ4v) is 3.81. The van der Waals surface area contributed by atoms with E-state index in [0.717, 1.165) is 18.8 Å². The van der Waals surface area contributed by atoms with Crippen LogP contribution in [-0.4, -0.2) is 12.7 Å². The Balaban J connectivity index is 1.76. The highest BCUT2D eigenvalue weighted by atomic mass is 16.5. The maximum atomic E-state index is 6.56. The van der Waals surface area contributed by atoms with Gasteiger partial charge in [0.25, 0.3) is 0 Å². The van der Waals surface area contributed by atoms with Crippen LogP contribution in [0.1, 0.15) is 74.5 Å². The van der Waals surface area contributed by atoms with Crippen LogP contribution < -0.4 is 5.73 Å². The predicted octanol–water partition coefficient (Wildman–Crippen LogP) is 4.30. The molecule has 2 fully saturated rings. The first-order chi connectivity index (χ1) is 9.75. The van der Waals surface area contributed by atoms with Crippen molar-refractivity contribution in [3.63, 3.8) is 0 Å². The molecule has 0 aromatic heterocycles. The van der Waals surface area contributed by atoms with Gasteiger partial charge in [0.1, 0.15) is 0 Å². The molecule has 110 valence electrons. The number of nitrogens with two attached hydrogens (primary N) is 1. The molecule has 0 aliphatic heterocycles. The summed E-state index contributed by atoms with van der Waals surface area (Å²) in [6.07, 6.45) is 10.1. The van der Waals surface area contributed by atoms with E-state index < -0.39 is 0 Å². The molecule has 2 saturated carbocycles. The Morgan fingerprint density at radius 3 is 2.20 bits per heavy atom. The normalized spacial score (nSPS) is 24.1. The number of rotatable bonds is 4. The topological polar surface area (TPSA) is 35.2 Å². The van der Waals surface area contributed by atoms with Crippen molar-refractivity contribution in [2.24, 2.45) is 5.73 Å². The number of methoxy groups -OCH3 is 1. The molecule has 1 aromatic carbocycles. The van der Waals surface area contributed by atoms with Gasteiger partial charge in [-0.1, -0.05) is 49.9 Å². The van der Waals surface area contributed by atoms with Crippen LogP contribution >= 0.6 is 0 Å². The Kier molecular flexibility index (Phi) is 4.13. The summed E-state index contributed by atoms with van der Waals surface area (Å²) in [5, 5.41) is 0. The van der Waals surface area contributed by atoms with Crippen molar-refractivity contribution in [1.29, 1.82) is 0 Å². The molecule has 2 N–H and O–H groups in total. The van der Waals surface area contributed by atoms with Gasteiger partial charge < -0.3 is 10.5 Å². The molecule has 2 aliphatic rings. The minimum Gasteiger partial charge on any atom is -0.376 e. The fourth-order valence-electron chi connectivity index (χ4n) is 3.81. The van der Waals surface area contributed by atoms with Crippen LogP contribution in [0.4, 0.5) is 0 Å². The third-order valence-corrected chi connectivity index (χ3v) is 5.55. The number of ether oxygens (including phenoxy) is 1. The Bertz CT molecular complexity index is 429. The van der Waals surface area contributed by atoms with Gasteiger partial charge in [0.05, 0.1) is 11.6 Å². The third kappa shape index (κ3) is 2.51. The van der Waals surface area contributed by atoms with Crippen LogP contribution in [0.3, 0.4) is 0 Å². The standard InChI is InChI=1S/C18H27NO/c1-20-18(12-3-2-4-13-18)17(19)16-10-8-15(9-11-16)14-6-5-7-14/h8-11,14,17H,2-7,12-13,19H2,1H3. The minimum atomic E-state index is -0.143. The van der Waals surface area contributed by atoms with E-state index in [-0.39, 0.29) is 11.6 Å². The lowest BCUT2D eigenvalue weighted by molar-refractivity contribution is -0.0595. The summed E-state index contributed by atoms with van der Waals surface area (Å²) >= 11 is 0. The van der Waals surface area contributed by atoms with Crippen molar-refractivity contribution in [2.75, 3.05) is 7.11 Å². The zero-order chi connectivity index (χ0) is 14.0. The zero-order valence-corrected chi connectivity index (χ0v) is 12.6. The van der Waals surface area contributed by atoms with Gasteiger partial charge >= 0.3 is 0 Å². The molecule has 1 atom stereocenters. The average Bonchev–Trinajstić information content (AvgIpc) is 2.46. The highest BCUT2D eigenvalue weighted by molar-refractivity contribution is 5.30. The zero-order valence-electron chi connectivity index (χ0n) is 12.6. The molecule has 0 heterocycles. The van der Waals surface area contributed by atoms with Crippen LogP contribution in [0.2, 0.25) is 0 Å². The Labute approximate surface area is 122 Å². The number of hydrogen-bond acceptors (Lipinski definition) is 2. The molecular formula is C18H27NO. The van der Waals surface area contributed by atoms with Gasteiger partial charge in [-0.2, -0.15) is 0 Å². The van der Waals surface area contributed by atoms with Gasteiger partial charge in [-0.25, -0.2) is 0 Å². The van der Waals surface area contributed by atoms with Crippen LogP contribution in [0.15, 0.2) is 24.3 Å². The van der Waals surface area contributed by atoms with Crippen molar-refractivity contribution in [3.05, 3.63) is 35.4 Å². The summed E-state index contributed by atoms with van der Waals surface area (Å²) in [7, 11) is 1.83. The summed E-state index contributed by atoms with van der Waals surface area (Å²) in [6, 6.07) is 9.03. The van der Waals surface area contributed by atoms with Crippen molar-refractivity contribution in [3.8, 4) is 0 Å². The van der Waals surface area contributed by atoms with E-state index in [1.165, 1.54) is 49.7 Å². The first kappa shape index (κ1) is 14.1. The van der Waals surface area contributed by atoms with E-state index in [4.69, 9.17) is 10.5 Å². The lowest BCUT2D eigenvalue weighted by atomic mass is 9.76. The molecule has 0 saturated heterocycles. The molecule has 1 unspecified atom stereocenters. The molecule has 0 spiro atoms. The lowest BCUT2D eigenvalue weighted by Gasteiger charge is -2.41. The smallest absolute Gasteiger partial charge is 0.0870 e. The van der Waals surface area contributed by atoms with E-state index in [9.17, 15) is 0 Å². The van der Waals surface area contributed by atoms with Gasteiger partial charge in [-0.15, -0.1) is 0 Å². The van der Waals surface area contributed by atoms with Gasteiger partial charge in [-0.3, -0.25) is 0 Å². The molecule has 0 bridgehead atoms. The number of hydrogen-bond donors (Lipinski definition) is 1. The van der Waals surface area contributed by atoms with Crippen molar-refractivity contribution in [2.45, 2.75) is 68.9 Å². The monoisotopic (exact) mass is 273 g/mol. The summed E-state index contributed by atoms with van der Waals surface area (Å²) < 4.78 is 5.88. The van der Waals surface area contributed by atoms with E-state index in [1.807, 2.05) is 7.11 Å². The first-order valence-electron chi connectivity index (χ1n) is 8.16. The van der Waals surface area contributed by atoms with Crippen molar-refractivity contribution >= 4 is 0 Å². The molecular weight excluding hydrogens is 246 g/mol. The van der Waals surface area contributed by atoms with Crippen LogP contribution in [-0.2, 0) is 4.74 Å². The fraction of sp³-hybridized carbons (Fsp3) is 0.667. The van der Waals surface area contributed by atoms with Gasteiger partial charge in [-0.05, 0) is 42.7 Å². The average molecular weight is 273 g/mol. The highest BCUT2D eigenvalue weighted by Crippen LogP contribution is 2.41. The summed E-state index contributed by atoms with van der Waals surface area (Å²) in [5.74, 6) is 0.798. The molecule has 2 heteroatoms. The van der Waals surface area contributed by atoms with Gasteiger partial charge in [0, 0.05) is 7.11 Å². The Morgan fingerprint density at radius 2 is 1.70 bits per heavy atom. The van der Waals surface area contributed by atoms with Gasteiger partial charge in [0.2, 0.25) is 0 Å². The second-order valence-corrected chi connectivity index (χ2v) is 6.60. The molecule has 1 aromatic rings. The third-order valence-electron chi connectivity index (χ3n) is 5.55. The largest absolute Gasteiger partial charge is 0.376 e. The van der Waals surface area contributed by atoms with Crippen LogP contribution in [0.25, 0.3) is 0 Å². The maximum Gasteiger partial charge on any atom is 0.0870 e. The highest BCUT2D eigenvalue weighted by Gasteiger charge is 2.38. The summed E-state index contributed by atoms with van der Waals surface area (Å²) in [5.41, 5.74) is 9.14. The van der Waals surface area contributed by atoms with Crippen molar-refractivity contribution in [1.82, 2.24) is 0 Å². The molecule has 20 heavy (non-hydrogen) atoms. The van der Waals surface area contributed by atoms with E-state index >= 15 is 0 Å². The van der Waals surface area contributed by atoms with Crippen LogP contribution in [0.5, 0.6) is 0 Å². The van der Waals surface area contributed by atoms with Gasteiger partial charge in [0.15, 0.2) is 0 Å². The first-order valence-corrected chi connectivity index (χ1v) is 8.16. The Morgan fingerprint density at radius 1 is 1.05 bits per heavy atom. The van der Waals surface area contributed by atoms with E-state index in [1.54, 1.807) is 0 Å². The van der Waals surface area contributed by atoms with Crippen LogP contribution in [0, 0.1) is 0 Å².